The second kappa shape index (κ2) is 9.96. The van der Waals surface area contributed by atoms with Crippen LogP contribution in [0.15, 0.2) is 54.6 Å². The van der Waals surface area contributed by atoms with E-state index in [1.165, 1.54) is 10.5 Å². The lowest BCUT2D eigenvalue weighted by molar-refractivity contribution is -0.145. The molecule has 1 aliphatic carbocycles. The number of benzene rings is 2. The van der Waals surface area contributed by atoms with Crippen molar-refractivity contribution in [2.75, 3.05) is 19.6 Å². The zero-order valence-corrected chi connectivity index (χ0v) is 19.3. The fourth-order valence-corrected chi connectivity index (χ4v) is 6.07. The largest absolute Gasteiger partial charge is 0.508 e. The van der Waals surface area contributed by atoms with Gasteiger partial charge in [-0.3, -0.25) is 14.5 Å². The molecule has 3 atom stereocenters. The standard InChI is InChI=1S/C27H34N2O4/c1-20-24-11-6-13-27(20,22-9-5-10-23(30)17-22)14-16-28(24)15-12-25(31)29(19-26(32)33)18-21-7-3-2-4-8-21/h2-5,7-10,17,20,24,30H,6,11-16,18-19H2,1H3,(H,32,33). The molecule has 1 saturated carbocycles. The van der Waals surface area contributed by atoms with E-state index in [0.29, 0.717) is 37.2 Å². The van der Waals surface area contributed by atoms with Crippen molar-refractivity contribution in [2.45, 2.75) is 57.0 Å². The Balaban J connectivity index is 1.42. The monoisotopic (exact) mass is 450 g/mol. The molecule has 1 saturated heterocycles. The number of phenolic OH excluding ortho intramolecular Hbond substituents is 1. The van der Waals surface area contributed by atoms with Crippen LogP contribution in [-0.2, 0) is 21.5 Å². The molecule has 2 aromatic carbocycles. The van der Waals surface area contributed by atoms with Crippen molar-refractivity contribution >= 4 is 11.9 Å². The molecule has 4 rings (SSSR count). The summed E-state index contributed by atoms with van der Waals surface area (Å²) < 4.78 is 0. The molecule has 33 heavy (non-hydrogen) atoms. The Bertz CT molecular complexity index is 979. The van der Waals surface area contributed by atoms with Gasteiger partial charge in [0.05, 0.1) is 0 Å². The molecule has 6 heteroatoms. The number of rotatable bonds is 8. The van der Waals surface area contributed by atoms with E-state index in [0.717, 1.165) is 37.8 Å². The van der Waals surface area contributed by atoms with Gasteiger partial charge in [-0.2, -0.15) is 0 Å². The van der Waals surface area contributed by atoms with Crippen LogP contribution in [0.1, 0.15) is 50.2 Å². The van der Waals surface area contributed by atoms with E-state index in [1.54, 1.807) is 6.07 Å². The number of piperidine rings is 1. The Hall–Kier alpha value is -2.86. The van der Waals surface area contributed by atoms with Crippen LogP contribution in [-0.4, -0.2) is 57.6 Å². The third kappa shape index (κ3) is 5.06. The van der Waals surface area contributed by atoms with Crippen molar-refractivity contribution in [3.05, 3.63) is 65.7 Å². The Morgan fingerprint density at radius 1 is 1.12 bits per heavy atom. The van der Waals surface area contributed by atoms with Gasteiger partial charge in [0.1, 0.15) is 12.3 Å². The lowest BCUT2D eigenvalue weighted by Gasteiger charge is -2.55. The molecule has 0 spiro atoms. The van der Waals surface area contributed by atoms with E-state index in [2.05, 4.69) is 17.9 Å². The molecule has 1 aliphatic heterocycles. The van der Waals surface area contributed by atoms with Gasteiger partial charge in [-0.05, 0) is 55.0 Å². The van der Waals surface area contributed by atoms with Gasteiger partial charge in [0.2, 0.25) is 5.91 Å². The number of carboxylic acid groups (broad SMARTS) is 1. The smallest absolute Gasteiger partial charge is 0.323 e. The van der Waals surface area contributed by atoms with E-state index in [9.17, 15) is 19.8 Å². The molecule has 176 valence electrons. The van der Waals surface area contributed by atoms with Crippen molar-refractivity contribution in [1.82, 2.24) is 9.80 Å². The van der Waals surface area contributed by atoms with Gasteiger partial charge < -0.3 is 15.1 Å². The van der Waals surface area contributed by atoms with Gasteiger partial charge in [-0.25, -0.2) is 0 Å². The van der Waals surface area contributed by atoms with Crippen LogP contribution in [0.25, 0.3) is 0 Å². The van der Waals surface area contributed by atoms with Crippen LogP contribution in [0.3, 0.4) is 0 Å². The second-order valence-corrected chi connectivity index (χ2v) is 9.62. The predicted molar refractivity (Wildman–Crippen MR) is 127 cm³/mol. The maximum atomic E-state index is 13.0. The highest BCUT2D eigenvalue weighted by Gasteiger charge is 2.49. The van der Waals surface area contributed by atoms with Gasteiger partial charge in [0, 0.05) is 31.0 Å². The third-order valence-electron chi connectivity index (χ3n) is 7.81. The number of likely N-dealkylation sites (tertiary alicyclic amines) is 1. The molecule has 2 aliphatic rings. The average Bonchev–Trinajstić information content (AvgIpc) is 2.78. The number of hydrogen-bond acceptors (Lipinski definition) is 4. The molecule has 1 amide bonds. The zero-order valence-electron chi connectivity index (χ0n) is 19.3. The minimum absolute atomic E-state index is 0.0742. The molecule has 0 aromatic heterocycles. The molecular formula is C27H34N2O4. The van der Waals surface area contributed by atoms with Crippen LogP contribution in [0.2, 0.25) is 0 Å². The summed E-state index contributed by atoms with van der Waals surface area (Å²) in [6.45, 7) is 3.90. The molecule has 2 N–H and O–H groups in total. The SMILES string of the molecule is CC1C2CCCC1(c1cccc(O)c1)CCN2CCC(=O)N(CC(=O)O)Cc1ccccc1. The van der Waals surface area contributed by atoms with E-state index < -0.39 is 5.97 Å². The van der Waals surface area contributed by atoms with Crippen molar-refractivity contribution in [2.24, 2.45) is 5.92 Å². The topological polar surface area (TPSA) is 81.1 Å². The number of phenols is 1. The number of aliphatic carboxylic acids is 1. The minimum Gasteiger partial charge on any atom is -0.508 e. The number of carbonyl (C=O) groups is 2. The quantitative estimate of drug-likeness (QED) is 0.635. The third-order valence-corrected chi connectivity index (χ3v) is 7.81. The number of fused-ring (bicyclic) bond motifs is 2. The van der Waals surface area contributed by atoms with Crippen LogP contribution < -0.4 is 0 Å². The first kappa shape index (κ1) is 23.3. The summed E-state index contributed by atoms with van der Waals surface area (Å²) in [6.07, 6.45) is 4.70. The fourth-order valence-electron chi connectivity index (χ4n) is 6.07. The van der Waals surface area contributed by atoms with Crippen molar-refractivity contribution in [3.63, 3.8) is 0 Å². The number of aromatic hydroxyl groups is 1. The maximum Gasteiger partial charge on any atom is 0.323 e. The Kier molecular flexibility index (Phi) is 7.03. The van der Waals surface area contributed by atoms with E-state index in [1.807, 2.05) is 42.5 Å². The highest BCUT2D eigenvalue weighted by Crippen LogP contribution is 2.51. The van der Waals surface area contributed by atoms with Crippen LogP contribution >= 0.6 is 0 Å². The van der Waals surface area contributed by atoms with Crippen LogP contribution in [0.4, 0.5) is 0 Å². The summed E-state index contributed by atoms with van der Waals surface area (Å²) in [5.41, 5.74) is 2.23. The summed E-state index contributed by atoms with van der Waals surface area (Å²) in [4.78, 5) is 28.3. The first-order chi connectivity index (χ1) is 15.9. The van der Waals surface area contributed by atoms with Gasteiger partial charge in [0.15, 0.2) is 0 Å². The highest BCUT2D eigenvalue weighted by molar-refractivity contribution is 5.81. The maximum absolute atomic E-state index is 13.0. The van der Waals surface area contributed by atoms with Crippen molar-refractivity contribution in [1.29, 1.82) is 0 Å². The van der Waals surface area contributed by atoms with Crippen molar-refractivity contribution in [3.8, 4) is 5.75 Å². The van der Waals surface area contributed by atoms with E-state index in [-0.39, 0.29) is 17.9 Å². The average molecular weight is 451 g/mol. The number of nitrogens with zero attached hydrogens (tertiary/aromatic N) is 2. The summed E-state index contributed by atoms with van der Waals surface area (Å²) in [5, 5.41) is 19.4. The molecule has 1 heterocycles. The van der Waals surface area contributed by atoms with E-state index in [4.69, 9.17) is 0 Å². The second-order valence-electron chi connectivity index (χ2n) is 9.62. The molecule has 2 aromatic rings. The van der Waals surface area contributed by atoms with Crippen molar-refractivity contribution < 1.29 is 19.8 Å². The van der Waals surface area contributed by atoms with Gasteiger partial charge >= 0.3 is 5.97 Å². The predicted octanol–water partition coefficient (Wildman–Crippen LogP) is 4.03. The summed E-state index contributed by atoms with van der Waals surface area (Å²) >= 11 is 0. The first-order valence-electron chi connectivity index (χ1n) is 12.0. The summed E-state index contributed by atoms with van der Waals surface area (Å²) in [6, 6.07) is 17.7. The van der Waals surface area contributed by atoms with Crippen LogP contribution in [0, 0.1) is 5.92 Å². The number of hydrogen-bond donors (Lipinski definition) is 2. The molecule has 2 bridgehead atoms. The number of amides is 1. The van der Waals surface area contributed by atoms with E-state index >= 15 is 0 Å². The summed E-state index contributed by atoms with van der Waals surface area (Å²) in [5.74, 6) is -0.360. The fraction of sp³-hybridized carbons (Fsp3) is 0.481. The molecule has 3 unspecified atom stereocenters. The molecule has 0 radical (unpaired) electrons. The number of carbonyl (C=O) groups excluding carboxylic acids is 1. The number of carboxylic acids is 1. The zero-order chi connectivity index (χ0) is 23.4. The normalized spacial score (nSPS) is 24.9. The lowest BCUT2D eigenvalue weighted by atomic mass is 9.57. The molecular weight excluding hydrogens is 416 g/mol. The first-order valence-corrected chi connectivity index (χ1v) is 12.0. The van der Waals surface area contributed by atoms with Gasteiger partial charge in [-0.15, -0.1) is 0 Å². The molecule has 6 nitrogen and oxygen atoms in total. The lowest BCUT2D eigenvalue weighted by Crippen LogP contribution is -2.58. The summed E-state index contributed by atoms with van der Waals surface area (Å²) in [7, 11) is 0. The Morgan fingerprint density at radius 2 is 1.91 bits per heavy atom. The van der Waals surface area contributed by atoms with Gasteiger partial charge in [-0.1, -0.05) is 55.8 Å². The minimum atomic E-state index is -0.992. The Labute approximate surface area is 195 Å². The molecule has 2 fully saturated rings. The highest BCUT2D eigenvalue weighted by atomic mass is 16.4. The Morgan fingerprint density at radius 3 is 2.64 bits per heavy atom. The van der Waals surface area contributed by atoms with Gasteiger partial charge in [0.25, 0.3) is 0 Å². The van der Waals surface area contributed by atoms with Crippen LogP contribution in [0.5, 0.6) is 5.75 Å².